The van der Waals surface area contributed by atoms with Crippen LogP contribution in [-0.2, 0) is 21.8 Å². The van der Waals surface area contributed by atoms with E-state index in [0.29, 0.717) is 35.0 Å². The Kier molecular flexibility index (Phi) is 208. The van der Waals surface area contributed by atoms with Crippen molar-refractivity contribution in [3.05, 3.63) is 60.7 Å². The molecule has 0 atom stereocenters. The van der Waals surface area contributed by atoms with E-state index in [1.165, 1.54) is 130 Å². The molecule has 0 aromatic heterocycles. The summed E-state index contributed by atoms with van der Waals surface area (Å²) in [7, 11) is 1.28. The fourth-order valence-electron chi connectivity index (χ4n) is 2.71. The van der Waals surface area contributed by atoms with Crippen molar-refractivity contribution in [3.8, 4) is 0 Å². The third kappa shape index (κ3) is 445. The summed E-state index contributed by atoms with van der Waals surface area (Å²) in [5.74, 6) is 0. The second-order valence-electron chi connectivity index (χ2n) is 10.4. The van der Waals surface area contributed by atoms with Gasteiger partial charge in [0.05, 0.1) is 37.5 Å². The zero-order valence-corrected chi connectivity index (χ0v) is 41.6. The second kappa shape index (κ2) is 132. The van der Waals surface area contributed by atoms with E-state index in [-0.39, 0.29) is 31.0 Å². The van der Waals surface area contributed by atoms with Crippen LogP contribution in [0, 0.1) is 60.7 Å². The summed E-state index contributed by atoms with van der Waals surface area (Å²) >= 11 is 1.46. The van der Waals surface area contributed by atoms with Crippen molar-refractivity contribution in [2.45, 2.75) is 141 Å². The molecule has 0 heterocycles. The fourth-order valence-corrected chi connectivity index (χ4v) is 3.53. The van der Waals surface area contributed by atoms with E-state index >= 15 is 0 Å². The van der Waals surface area contributed by atoms with Gasteiger partial charge in [-0.1, -0.05) is 78.1 Å². The van der Waals surface area contributed by atoms with E-state index in [9.17, 15) is 0 Å². The van der Waals surface area contributed by atoms with E-state index < -0.39 is 0 Å². The average Bonchev–Trinajstić information content (AvgIpc) is 3.07. The summed E-state index contributed by atoms with van der Waals surface area (Å²) in [6.07, 6.45) is 36.9. The summed E-state index contributed by atoms with van der Waals surface area (Å²) in [5, 5.41) is 70.8. The third-order valence-corrected chi connectivity index (χ3v) is 5.75. The smallest absolute Gasteiger partial charge is 1.00 e. The number of aliphatic hydroxyl groups is 2. The molecule has 0 aromatic rings. The van der Waals surface area contributed by atoms with Gasteiger partial charge in [0, 0.05) is 13.2 Å². The molecule has 0 unspecified atom stereocenters. The Balaban J connectivity index is -0.0000000332. The maximum absolute atomic E-state index is 8.42. The number of hydrogen-bond acceptors (Lipinski definition) is 20. The van der Waals surface area contributed by atoms with Gasteiger partial charge in [0.15, 0.2) is 0 Å². The van der Waals surface area contributed by atoms with E-state index in [4.69, 9.17) is 70.9 Å². The van der Waals surface area contributed by atoms with E-state index in [1.54, 1.807) is 0 Å². The Hall–Kier alpha value is -1.16. The molecule has 0 amide bonds. The van der Waals surface area contributed by atoms with E-state index in [1.807, 2.05) is 0 Å². The molecule has 330 valence electrons. The first-order chi connectivity index (χ1) is 25.2. The van der Waals surface area contributed by atoms with Crippen molar-refractivity contribution in [1.82, 2.24) is 0 Å². The molecule has 0 aliphatic heterocycles. The Morgan fingerprint density at radius 1 is 0.407 bits per heavy atom. The number of rotatable bonds is 18. The Labute approximate surface area is 367 Å². The molecule has 0 saturated heterocycles. The summed E-state index contributed by atoms with van der Waals surface area (Å²) in [4.78, 5) is 48.0. The molecule has 54 heavy (non-hydrogen) atoms. The third-order valence-electron chi connectivity index (χ3n) is 4.58. The number of aliphatic hydroxyl groups excluding tert-OH is 2. The molecule has 0 fully saturated rings. The standard InChI is InChI=1S/2C8H18O.C8H17.2C3H9S.6HNO2.Na.Sb.3H/c2*1-2-3-4-5-6-7-8-9;1-3-5-7-8-6-4-2;2*1-4(2)3;6*2-1-3;;;;;/h2*9H,2-8H2,1H3;1,3-8H2,2H3;2*1-3H3;6*(H,2,3);;;;;/q;;;2*+1;;;;;;;+1;;;;-1/p-6. The minimum atomic E-state index is 0. The SMILES string of the molecule is CCCCCCCCO.CCCCCCCCO.CCCCCCC[CH2][SbH2].C[S+](C)C.C[S+](C)C.O=N[O-].O=N[O-].O=N[O-].O=N[O-].O=N[O-].O=N[O-].[H-].[Na+]. The molecule has 2 N–H and O–H groups in total. The van der Waals surface area contributed by atoms with Crippen LogP contribution in [0.25, 0.3) is 0 Å². The van der Waals surface area contributed by atoms with Crippen LogP contribution in [0.2, 0.25) is 4.37 Å². The molecule has 0 radical (unpaired) electrons. The van der Waals surface area contributed by atoms with Gasteiger partial charge in [0.25, 0.3) is 0 Å². The van der Waals surface area contributed by atoms with Gasteiger partial charge in [-0.05, 0) is 34.6 Å². The normalized spacial score (nSPS) is 7.67. The van der Waals surface area contributed by atoms with Crippen LogP contribution in [0.15, 0.2) is 32.0 Å². The minimum Gasteiger partial charge on any atom is -1.00 e. The Morgan fingerprint density at radius 2 is 0.537 bits per heavy atom. The number of hydrogen-bond donors (Lipinski definition) is 2. The van der Waals surface area contributed by atoms with Crippen molar-refractivity contribution in [2.75, 3.05) is 50.7 Å². The maximum Gasteiger partial charge on any atom is 1.00 e. The Morgan fingerprint density at radius 3 is 0.667 bits per heavy atom. The van der Waals surface area contributed by atoms with Crippen molar-refractivity contribution in [3.63, 3.8) is 0 Å². The first-order valence-electron chi connectivity index (χ1n) is 16.8. The van der Waals surface area contributed by atoms with Gasteiger partial charge in [-0.2, -0.15) is 0 Å². The van der Waals surface area contributed by atoms with Gasteiger partial charge in [0.1, 0.15) is 0 Å². The summed E-state index contributed by atoms with van der Waals surface area (Å²) in [6, 6.07) is 0. The zero-order valence-electron chi connectivity index (χ0n) is 35.7. The quantitative estimate of drug-likeness (QED) is 0.0475. The van der Waals surface area contributed by atoms with Crippen LogP contribution in [0.1, 0.15) is 138 Å². The largest absolute Gasteiger partial charge is 1.00 e. The number of nitrogens with zero attached hydrogens (tertiary/aromatic N) is 6. The van der Waals surface area contributed by atoms with Crippen molar-refractivity contribution < 1.29 is 41.2 Å². The van der Waals surface area contributed by atoms with Gasteiger partial charge >= 0.3 is 102 Å². The first-order valence-corrected chi connectivity index (χ1v) is 24.0. The molecule has 0 saturated carbocycles. The molecule has 24 heteroatoms. The molecule has 20 nitrogen and oxygen atoms in total. The first kappa shape index (κ1) is 85.1. The molecule has 0 aliphatic carbocycles. The van der Waals surface area contributed by atoms with E-state index in [0.717, 1.165) is 44.9 Å². The molecule has 0 spiro atoms. The average molecular weight is 952 g/mol. The van der Waals surface area contributed by atoms with Crippen LogP contribution >= 0.6 is 0 Å². The van der Waals surface area contributed by atoms with Gasteiger partial charge in [0.2, 0.25) is 0 Å². The predicted molar refractivity (Wildman–Crippen MR) is 234 cm³/mol. The van der Waals surface area contributed by atoms with Gasteiger partial charge in [-0.3, -0.25) is 0 Å². The van der Waals surface area contributed by atoms with Crippen LogP contribution in [0.3, 0.4) is 0 Å². The maximum atomic E-state index is 8.42. The molecule has 0 rings (SSSR count). The van der Waals surface area contributed by atoms with Crippen LogP contribution in [0.4, 0.5) is 0 Å². The van der Waals surface area contributed by atoms with Crippen LogP contribution in [0.5, 0.6) is 0 Å². The number of unbranched alkanes of at least 4 members (excludes halogenated alkanes) is 15. The van der Waals surface area contributed by atoms with Crippen molar-refractivity contribution in [2.24, 2.45) is 32.0 Å². The fraction of sp³-hybridized carbons (Fsp3) is 1.00. The van der Waals surface area contributed by atoms with Crippen molar-refractivity contribution >= 4 is 44.8 Å². The summed E-state index contributed by atoms with van der Waals surface area (Å²) < 4.78 is 1.50. The monoisotopic (exact) mass is 950 g/mol. The van der Waals surface area contributed by atoms with Gasteiger partial charge in [-0.25, -0.2) is 0 Å². The summed E-state index contributed by atoms with van der Waals surface area (Å²) in [6.45, 7) is 7.43. The molecular weight excluding hydrogens is 877 g/mol. The van der Waals surface area contributed by atoms with Crippen LogP contribution < -0.4 is 29.6 Å². The van der Waals surface area contributed by atoms with Gasteiger partial charge in [-0.15, -0.1) is 32.0 Å². The van der Waals surface area contributed by atoms with Gasteiger partial charge < -0.3 is 72.3 Å². The van der Waals surface area contributed by atoms with Crippen LogP contribution in [-0.4, -0.2) is 84.0 Å². The van der Waals surface area contributed by atoms with Crippen molar-refractivity contribution in [1.29, 1.82) is 0 Å². The molecular formula is C30H74N6NaO14S2Sb-4. The van der Waals surface area contributed by atoms with E-state index in [2.05, 4.69) is 58.3 Å². The molecule has 0 aliphatic rings. The Bertz CT molecular complexity index is 469. The molecule has 0 bridgehead atoms. The second-order valence-corrected chi connectivity index (χ2v) is 17.0. The minimum absolute atomic E-state index is 0. The summed E-state index contributed by atoms with van der Waals surface area (Å²) in [5.41, 5.74) is 0. The predicted octanol–water partition coefficient (Wildman–Crippen LogP) is 6.69. The topological polar surface area (TPSA) is 355 Å². The molecule has 0 aromatic carbocycles. The zero-order chi connectivity index (χ0) is 44.2.